The van der Waals surface area contributed by atoms with Crippen molar-refractivity contribution in [1.29, 1.82) is 0 Å². The lowest BCUT2D eigenvalue weighted by atomic mass is 10.2. The fourth-order valence-electron chi connectivity index (χ4n) is 2.39. The number of nitrogens with zero attached hydrogens (tertiary/aromatic N) is 4. The zero-order valence-electron chi connectivity index (χ0n) is 13.5. The first kappa shape index (κ1) is 16.4. The van der Waals surface area contributed by atoms with Crippen molar-refractivity contribution in [3.63, 3.8) is 0 Å². The van der Waals surface area contributed by atoms with Crippen molar-refractivity contribution >= 4 is 17.6 Å². The second-order valence-electron chi connectivity index (χ2n) is 5.46. The van der Waals surface area contributed by atoms with Crippen LogP contribution in [-0.4, -0.2) is 31.4 Å². The first-order chi connectivity index (χ1) is 11.8. The number of nitrogens with one attached hydrogen (secondary N) is 1. The van der Waals surface area contributed by atoms with Crippen LogP contribution in [0.3, 0.4) is 0 Å². The van der Waals surface area contributed by atoms with Crippen molar-refractivity contribution in [2.45, 2.75) is 6.92 Å². The Balaban J connectivity index is 1.85. The van der Waals surface area contributed by atoms with E-state index in [2.05, 4.69) is 15.5 Å². The monoisotopic (exact) mass is 342 g/mol. The number of rotatable bonds is 4. The first-order valence-corrected chi connectivity index (χ1v) is 7.32. The molecule has 0 saturated heterocycles. The molecule has 0 radical (unpaired) electrons. The molecule has 2 amide bonds. The predicted molar refractivity (Wildman–Crippen MR) is 87.9 cm³/mol. The highest BCUT2D eigenvalue weighted by Crippen LogP contribution is 2.16. The van der Waals surface area contributed by atoms with E-state index < -0.39 is 11.8 Å². The molecule has 3 rings (SSSR count). The molecule has 9 heteroatoms. The van der Waals surface area contributed by atoms with Crippen molar-refractivity contribution < 1.29 is 14.0 Å². The largest absolute Gasteiger partial charge is 0.365 e. The molecule has 0 saturated carbocycles. The van der Waals surface area contributed by atoms with Gasteiger partial charge in [-0.25, -0.2) is 9.07 Å². The van der Waals surface area contributed by atoms with Gasteiger partial charge in [0.25, 0.3) is 11.8 Å². The highest BCUT2D eigenvalue weighted by molar-refractivity contribution is 6.06. The smallest absolute Gasteiger partial charge is 0.277 e. The van der Waals surface area contributed by atoms with Gasteiger partial charge < -0.3 is 11.1 Å². The molecule has 0 aliphatic rings. The molecule has 1 aromatic carbocycles. The molecular weight excluding hydrogens is 327 g/mol. The maximum atomic E-state index is 13.2. The van der Waals surface area contributed by atoms with E-state index in [9.17, 15) is 14.0 Å². The van der Waals surface area contributed by atoms with E-state index in [-0.39, 0.29) is 22.9 Å². The number of amides is 2. The third-order valence-corrected chi connectivity index (χ3v) is 3.55. The summed E-state index contributed by atoms with van der Waals surface area (Å²) in [6, 6.07) is 5.77. The van der Waals surface area contributed by atoms with Crippen molar-refractivity contribution in [2.75, 3.05) is 5.32 Å². The van der Waals surface area contributed by atoms with Gasteiger partial charge in [-0.15, -0.1) is 0 Å². The molecule has 0 aliphatic carbocycles. The molecular formula is C16H15FN6O2. The minimum atomic E-state index is -0.698. The Labute approximate surface area is 142 Å². The summed E-state index contributed by atoms with van der Waals surface area (Å²) in [4.78, 5) is 23.7. The fraction of sp³-hybridized carbons (Fsp3) is 0.125. The molecule has 0 fully saturated rings. The summed E-state index contributed by atoms with van der Waals surface area (Å²) >= 11 is 0. The van der Waals surface area contributed by atoms with E-state index in [1.165, 1.54) is 33.8 Å². The lowest BCUT2D eigenvalue weighted by Gasteiger charge is -2.05. The molecule has 0 aliphatic heterocycles. The zero-order chi connectivity index (χ0) is 18.1. The van der Waals surface area contributed by atoms with E-state index in [1.807, 2.05) is 0 Å². The number of hydrogen-bond donors (Lipinski definition) is 2. The summed E-state index contributed by atoms with van der Waals surface area (Å²) in [6.45, 7) is 1.74. The molecule has 2 heterocycles. The molecule has 8 nitrogen and oxygen atoms in total. The van der Waals surface area contributed by atoms with Gasteiger partial charge in [-0.2, -0.15) is 10.2 Å². The minimum absolute atomic E-state index is 0.0625. The lowest BCUT2D eigenvalue weighted by Crippen LogP contribution is -2.18. The number of benzene rings is 1. The normalized spacial score (nSPS) is 10.7. The second-order valence-corrected chi connectivity index (χ2v) is 5.46. The summed E-state index contributed by atoms with van der Waals surface area (Å²) < 4.78 is 16.0. The maximum Gasteiger partial charge on any atom is 0.277 e. The predicted octanol–water partition coefficient (Wildman–Crippen LogP) is 1.40. The summed E-state index contributed by atoms with van der Waals surface area (Å²) in [5, 5.41) is 10.7. The molecule has 0 spiro atoms. The van der Waals surface area contributed by atoms with Gasteiger partial charge >= 0.3 is 0 Å². The molecule has 2 aromatic heterocycles. The number of anilines is 1. The topological polar surface area (TPSA) is 108 Å². The standard InChI is InChI=1S/C16H15FN6O2/c1-9-7-10(17)3-4-13(9)23-6-5-12(20-23)16(25)19-15-11(14(18)24)8-22(2)21-15/h3-8H,1-2H3,(H2,18,24)(H,19,21,25). The Morgan fingerprint density at radius 2 is 2.00 bits per heavy atom. The SMILES string of the molecule is Cc1cc(F)ccc1-n1ccc(C(=O)Nc2nn(C)cc2C(N)=O)n1. The van der Waals surface area contributed by atoms with Crippen LogP contribution in [0.1, 0.15) is 26.4 Å². The van der Waals surface area contributed by atoms with Gasteiger partial charge in [0.15, 0.2) is 11.5 Å². The number of nitrogens with two attached hydrogens (primary N) is 1. The van der Waals surface area contributed by atoms with E-state index >= 15 is 0 Å². The Kier molecular flexibility index (Phi) is 4.05. The van der Waals surface area contributed by atoms with Crippen LogP contribution in [0.15, 0.2) is 36.7 Å². The Morgan fingerprint density at radius 1 is 1.24 bits per heavy atom. The average molecular weight is 342 g/mol. The lowest BCUT2D eigenvalue weighted by molar-refractivity contribution is 0.100. The number of carbonyl (C=O) groups is 2. The Hall–Kier alpha value is -3.49. The van der Waals surface area contributed by atoms with Crippen LogP contribution in [-0.2, 0) is 7.05 Å². The third kappa shape index (κ3) is 3.25. The molecule has 128 valence electrons. The van der Waals surface area contributed by atoms with E-state index in [0.717, 1.165) is 0 Å². The van der Waals surface area contributed by atoms with Crippen molar-refractivity contribution in [1.82, 2.24) is 19.6 Å². The molecule has 3 N–H and O–H groups in total. The molecule has 0 bridgehead atoms. The van der Waals surface area contributed by atoms with Gasteiger partial charge in [0.05, 0.1) is 5.69 Å². The van der Waals surface area contributed by atoms with Crippen molar-refractivity contribution in [2.24, 2.45) is 12.8 Å². The Bertz CT molecular complexity index is 975. The summed E-state index contributed by atoms with van der Waals surface area (Å²) in [5.41, 5.74) is 6.80. The maximum absolute atomic E-state index is 13.2. The summed E-state index contributed by atoms with van der Waals surface area (Å²) in [5.74, 6) is -1.52. The van der Waals surface area contributed by atoms with Gasteiger partial charge in [-0.3, -0.25) is 14.3 Å². The summed E-state index contributed by atoms with van der Waals surface area (Å²) in [7, 11) is 1.61. The van der Waals surface area contributed by atoms with Crippen LogP contribution < -0.4 is 11.1 Å². The zero-order valence-corrected chi connectivity index (χ0v) is 13.5. The van der Waals surface area contributed by atoms with Crippen LogP contribution in [0.4, 0.5) is 10.2 Å². The van der Waals surface area contributed by atoms with Gasteiger partial charge in [-0.1, -0.05) is 0 Å². The number of aromatic nitrogens is 4. The second kappa shape index (κ2) is 6.19. The van der Waals surface area contributed by atoms with E-state index in [0.29, 0.717) is 11.3 Å². The molecule has 0 unspecified atom stereocenters. The van der Waals surface area contributed by atoms with Crippen molar-refractivity contribution in [3.8, 4) is 5.69 Å². The van der Waals surface area contributed by atoms with Gasteiger partial charge in [0.2, 0.25) is 0 Å². The number of hydrogen-bond acceptors (Lipinski definition) is 4. The molecule has 3 aromatic rings. The van der Waals surface area contributed by atoms with Gasteiger partial charge in [0.1, 0.15) is 11.4 Å². The van der Waals surface area contributed by atoms with Gasteiger partial charge in [0, 0.05) is 19.4 Å². The van der Waals surface area contributed by atoms with E-state index in [4.69, 9.17) is 5.73 Å². The quantitative estimate of drug-likeness (QED) is 0.747. The number of aryl methyl sites for hydroxylation is 2. The average Bonchev–Trinajstić information content (AvgIpc) is 3.14. The third-order valence-electron chi connectivity index (χ3n) is 3.55. The van der Waals surface area contributed by atoms with Crippen LogP contribution in [0.2, 0.25) is 0 Å². The highest BCUT2D eigenvalue weighted by Gasteiger charge is 2.18. The molecule has 0 atom stereocenters. The van der Waals surface area contributed by atoms with E-state index in [1.54, 1.807) is 26.2 Å². The summed E-state index contributed by atoms with van der Waals surface area (Å²) in [6.07, 6.45) is 3.00. The van der Waals surface area contributed by atoms with Crippen LogP contribution in [0.5, 0.6) is 0 Å². The van der Waals surface area contributed by atoms with Crippen molar-refractivity contribution in [3.05, 3.63) is 59.3 Å². The van der Waals surface area contributed by atoms with Crippen LogP contribution in [0.25, 0.3) is 5.69 Å². The first-order valence-electron chi connectivity index (χ1n) is 7.32. The highest BCUT2D eigenvalue weighted by atomic mass is 19.1. The fourth-order valence-corrected chi connectivity index (χ4v) is 2.39. The number of carbonyl (C=O) groups excluding carboxylic acids is 2. The van der Waals surface area contributed by atoms with Gasteiger partial charge in [-0.05, 0) is 36.8 Å². The number of primary amides is 1. The molecule has 25 heavy (non-hydrogen) atoms. The Morgan fingerprint density at radius 3 is 2.68 bits per heavy atom. The minimum Gasteiger partial charge on any atom is -0.365 e. The van der Waals surface area contributed by atoms with Crippen LogP contribution >= 0.6 is 0 Å². The number of halogens is 1. The van der Waals surface area contributed by atoms with Crippen LogP contribution in [0, 0.1) is 12.7 Å².